The molecule has 2 aromatic heterocycles. The van der Waals surface area contributed by atoms with Crippen molar-refractivity contribution in [2.24, 2.45) is 7.05 Å². The van der Waals surface area contributed by atoms with Crippen LogP contribution in [0.4, 0.5) is 0 Å². The van der Waals surface area contributed by atoms with Gasteiger partial charge in [-0.3, -0.25) is 4.79 Å². The van der Waals surface area contributed by atoms with Crippen molar-refractivity contribution in [2.75, 3.05) is 12.3 Å². The third kappa shape index (κ3) is 3.60. The smallest absolute Gasteiger partial charge is 0.267 e. The lowest BCUT2D eigenvalue weighted by molar-refractivity contribution is 0.0951. The number of amides is 1. The standard InChI is InChI=1S/C12H17N5OS/c1-3-9-4-5-10(15-9)11(18)13-6-7-19-12-16-14-8-17(12)2/h4-5,8,15H,3,6-7H2,1-2H3,(H,13,18). The van der Waals surface area contributed by atoms with Crippen molar-refractivity contribution in [3.8, 4) is 0 Å². The summed E-state index contributed by atoms with van der Waals surface area (Å²) < 4.78 is 1.85. The maximum absolute atomic E-state index is 11.8. The maximum Gasteiger partial charge on any atom is 0.267 e. The average molecular weight is 279 g/mol. The molecule has 1 amide bonds. The van der Waals surface area contributed by atoms with E-state index in [2.05, 4.69) is 20.5 Å². The predicted octanol–water partition coefficient (Wildman–Crippen LogP) is 1.23. The summed E-state index contributed by atoms with van der Waals surface area (Å²) in [6, 6.07) is 3.74. The molecule has 0 aliphatic carbocycles. The number of rotatable bonds is 6. The van der Waals surface area contributed by atoms with E-state index < -0.39 is 0 Å². The molecule has 0 saturated carbocycles. The molecule has 2 heterocycles. The molecule has 7 heteroatoms. The van der Waals surface area contributed by atoms with Crippen LogP contribution in [0.1, 0.15) is 23.1 Å². The molecule has 2 rings (SSSR count). The number of aryl methyl sites for hydroxylation is 2. The van der Waals surface area contributed by atoms with Crippen molar-refractivity contribution >= 4 is 17.7 Å². The average Bonchev–Trinajstić information content (AvgIpc) is 3.03. The summed E-state index contributed by atoms with van der Waals surface area (Å²) in [5, 5.41) is 11.5. The van der Waals surface area contributed by atoms with Gasteiger partial charge in [0.2, 0.25) is 0 Å². The number of aromatic nitrogens is 4. The highest BCUT2D eigenvalue weighted by Gasteiger charge is 2.07. The van der Waals surface area contributed by atoms with Gasteiger partial charge < -0.3 is 14.9 Å². The first-order valence-electron chi connectivity index (χ1n) is 6.13. The van der Waals surface area contributed by atoms with Crippen molar-refractivity contribution in [1.82, 2.24) is 25.1 Å². The van der Waals surface area contributed by atoms with Crippen molar-refractivity contribution in [3.63, 3.8) is 0 Å². The molecule has 0 atom stereocenters. The minimum Gasteiger partial charge on any atom is -0.354 e. The Bertz CT molecular complexity index is 548. The lowest BCUT2D eigenvalue weighted by Crippen LogP contribution is -2.26. The van der Waals surface area contributed by atoms with Crippen LogP contribution in [-0.4, -0.2) is 38.0 Å². The van der Waals surface area contributed by atoms with Crippen LogP contribution in [0.15, 0.2) is 23.6 Å². The van der Waals surface area contributed by atoms with E-state index in [1.807, 2.05) is 30.7 Å². The molecule has 0 saturated heterocycles. The normalized spacial score (nSPS) is 10.6. The maximum atomic E-state index is 11.8. The number of thioether (sulfide) groups is 1. The molecule has 0 spiro atoms. The first-order valence-corrected chi connectivity index (χ1v) is 7.12. The second-order valence-corrected chi connectivity index (χ2v) is 5.14. The summed E-state index contributed by atoms with van der Waals surface area (Å²) in [4.78, 5) is 14.9. The zero-order chi connectivity index (χ0) is 13.7. The van der Waals surface area contributed by atoms with E-state index in [0.29, 0.717) is 12.2 Å². The summed E-state index contributed by atoms with van der Waals surface area (Å²) in [5.74, 6) is 0.692. The number of hydrogen-bond acceptors (Lipinski definition) is 4. The summed E-state index contributed by atoms with van der Waals surface area (Å²) in [5.41, 5.74) is 1.68. The molecule has 2 aromatic rings. The molecule has 0 bridgehead atoms. The summed E-state index contributed by atoms with van der Waals surface area (Å²) >= 11 is 1.57. The summed E-state index contributed by atoms with van der Waals surface area (Å²) in [6.45, 7) is 2.64. The van der Waals surface area contributed by atoms with E-state index in [1.54, 1.807) is 18.1 Å². The third-order valence-corrected chi connectivity index (χ3v) is 3.70. The molecule has 2 N–H and O–H groups in total. The van der Waals surface area contributed by atoms with Crippen molar-refractivity contribution in [1.29, 1.82) is 0 Å². The molecule has 0 aliphatic rings. The first kappa shape index (κ1) is 13.7. The van der Waals surface area contributed by atoms with E-state index in [9.17, 15) is 4.79 Å². The molecular formula is C12H17N5OS. The van der Waals surface area contributed by atoms with Gasteiger partial charge in [-0.2, -0.15) is 0 Å². The van der Waals surface area contributed by atoms with Crippen molar-refractivity contribution < 1.29 is 4.79 Å². The summed E-state index contributed by atoms with van der Waals surface area (Å²) in [7, 11) is 1.89. The van der Waals surface area contributed by atoms with Crippen LogP contribution in [0.5, 0.6) is 0 Å². The fraction of sp³-hybridized carbons (Fsp3) is 0.417. The molecule has 0 unspecified atom stereocenters. The van der Waals surface area contributed by atoms with Gasteiger partial charge in [-0.15, -0.1) is 10.2 Å². The number of H-pyrrole nitrogens is 1. The molecule has 102 valence electrons. The van der Waals surface area contributed by atoms with Crippen LogP contribution >= 0.6 is 11.8 Å². The largest absolute Gasteiger partial charge is 0.354 e. The van der Waals surface area contributed by atoms with Gasteiger partial charge in [0.25, 0.3) is 5.91 Å². The molecule has 0 aromatic carbocycles. The third-order valence-electron chi connectivity index (χ3n) is 2.66. The quantitative estimate of drug-likeness (QED) is 0.616. The number of nitrogens with zero attached hydrogens (tertiary/aromatic N) is 3. The highest BCUT2D eigenvalue weighted by atomic mass is 32.2. The van der Waals surface area contributed by atoms with Crippen LogP contribution in [0.25, 0.3) is 0 Å². The Morgan fingerprint density at radius 3 is 3.00 bits per heavy atom. The fourth-order valence-corrected chi connectivity index (χ4v) is 2.33. The van der Waals surface area contributed by atoms with Crippen LogP contribution in [0.3, 0.4) is 0 Å². The zero-order valence-corrected chi connectivity index (χ0v) is 11.8. The highest BCUT2D eigenvalue weighted by Crippen LogP contribution is 2.11. The number of hydrogen-bond donors (Lipinski definition) is 2. The van der Waals surface area contributed by atoms with E-state index in [-0.39, 0.29) is 5.91 Å². The van der Waals surface area contributed by atoms with Gasteiger partial charge in [0.15, 0.2) is 5.16 Å². The molecule has 6 nitrogen and oxygen atoms in total. The number of carbonyl (C=O) groups excluding carboxylic acids is 1. The second kappa shape index (κ2) is 6.42. The Morgan fingerprint density at radius 1 is 1.53 bits per heavy atom. The second-order valence-electron chi connectivity index (χ2n) is 4.08. The van der Waals surface area contributed by atoms with Gasteiger partial charge >= 0.3 is 0 Å². The molecule has 19 heavy (non-hydrogen) atoms. The molecular weight excluding hydrogens is 262 g/mol. The zero-order valence-electron chi connectivity index (χ0n) is 11.0. The van der Waals surface area contributed by atoms with E-state index >= 15 is 0 Å². The minimum absolute atomic E-state index is 0.0711. The Hall–Kier alpha value is -1.76. The van der Waals surface area contributed by atoms with Gasteiger partial charge in [0, 0.05) is 25.0 Å². The van der Waals surface area contributed by atoms with Gasteiger partial charge in [0.1, 0.15) is 12.0 Å². The van der Waals surface area contributed by atoms with Gasteiger partial charge in [-0.05, 0) is 18.6 Å². The lowest BCUT2D eigenvalue weighted by Gasteiger charge is -2.03. The molecule has 0 fully saturated rings. The number of carbonyl (C=O) groups is 1. The highest BCUT2D eigenvalue weighted by molar-refractivity contribution is 7.99. The summed E-state index contributed by atoms with van der Waals surface area (Å²) in [6.07, 6.45) is 2.56. The monoisotopic (exact) mass is 279 g/mol. The SMILES string of the molecule is CCc1ccc(C(=O)NCCSc2nncn2C)[nH]1. The van der Waals surface area contributed by atoms with Crippen LogP contribution < -0.4 is 5.32 Å². The fourth-order valence-electron chi connectivity index (χ4n) is 1.58. The van der Waals surface area contributed by atoms with Crippen molar-refractivity contribution in [3.05, 3.63) is 29.8 Å². The van der Waals surface area contributed by atoms with E-state index in [0.717, 1.165) is 23.0 Å². The van der Waals surface area contributed by atoms with Crippen LogP contribution in [-0.2, 0) is 13.5 Å². The number of aromatic amines is 1. The Morgan fingerprint density at radius 2 is 2.37 bits per heavy atom. The van der Waals surface area contributed by atoms with Gasteiger partial charge in [0.05, 0.1) is 0 Å². The van der Waals surface area contributed by atoms with Crippen molar-refractivity contribution in [2.45, 2.75) is 18.5 Å². The van der Waals surface area contributed by atoms with E-state index in [4.69, 9.17) is 0 Å². The molecule has 0 aliphatic heterocycles. The molecule has 0 radical (unpaired) electrons. The number of nitrogens with one attached hydrogen (secondary N) is 2. The first-order chi connectivity index (χ1) is 9.20. The Balaban J connectivity index is 1.73. The van der Waals surface area contributed by atoms with Gasteiger partial charge in [-0.25, -0.2) is 0 Å². The topological polar surface area (TPSA) is 75.6 Å². The minimum atomic E-state index is -0.0711. The Kier molecular flexibility index (Phi) is 4.62. The Labute approximate surface area is 116 Å². The predicted molar refractivity (Wildman–Crippen MR) is 74.2 cm³/mol. The van der Waals surface area contributed by atoms with Crippen LogP contribution in [0, 0.1) is 0 Å². The van der Waals surface area contributed by atoms with Crippen LogP contribution in [0.2, 0.25) is 0 Å². The van der Waals surface area contributed by atoms with E-state index in [1.165, 1.54) is 0 Å². The lowest BCUT2D eigenvalue weighted by atomic mass is 10.3. The van der Waals surface area contributed by atoms with Gasteiger partial charge in [-0.1, -0.05) is 18.7 Å².